The number of hydrogen-bond acceptors (Lipinski definition) is 10. The van der Waals surface area contributed by atoms with Crippen LogP contribution in [0.1, 0.15) is 103 Å². The van der Waals surface area contributed by atoms with E-state index in [0.717, 1.165) is 18.4 Å². The summed E-state index contributed by atoms with van der Waals surface area (Å²) in [6.07, 6.45) is 1.84. The van der Waals surface area contributed by atoms with Crippen molar-refractivity contribution in [3.63, 3.8) is 0 Å². The number of nitrogens with zero attached hydrogens (tertiary/aromatic N) is 4. The van der Waals surface area contributed by atoms with Crippen molar-refractivity contribution >= 4 is 52.2 Å². The molecule has 12 nitrogen and oxygen atoms in total. The molecule has 0 spiro atoms. The largest absolute Gasteiger partial charge is 0.474 e. The average molecular weight is 706 g/mol. The highest BCUT2D eigenvalue weighted by Crippen LogP contribution is 2.31. The lowest BCUT2D eigenvalue weighted by Crippen LogP contribution is -2.52. The van der Waals surface area contributed by atoms with Crippen LogP contribution in [0.15, 0.2) is 46.1 Å². The lowest BCUT2D eigenvalue weighted by molar-refractivity contribution is -0.133. The predicted molar refractivity (Wildman–Crippen MR) is 188 cm³/mol. The van der Waals surface area contributed by atoms with E-state index in [1.807, 2.05) is 58.0 Å². The third kappa shape index (κ3) is 7.40. The van der Waals surface area contributed by atoms with Crippen LogP contribution in [0.4, 0.5) is 0 Å². The maximum atomic E-state index is 14.3. The van der Waals surface area contributed by atoms with Crippen LogP contribution in [-0.2, 0) is 20.7 Å². The van der Waals surface area contributed by atoms with Crippen molar-refractivity contribution in [2.45, 2.75) is 96.6 Å². The summed E-state index contributed by atoms with van der Waals surface area (Å²) in [4.78, 5) is 71.1. The van der Waals surface area contributed by atoms with Gasteiger partial charge < -0.3 is 25.6 Å². The second kappa shape index (κ2) is 14.8. The quantitative estimate of drug-likeness (QED) is 0.354. The van der Waals surface area contributed by atoms with Gasteiger partial charge >= 0.3 is 0 Å². The van der Waals surface area contributed by atoms with Crippen molar-refractivity contribution in [3.05, 3.63) is 68.1 Å². The Labute approximate surface area is 294 Å². The van der Waals surface area contributed by atoms with Gasteiger partial charge in [0.15, 0.2) is 6.04 Å². The molecular weight excluding hydrogens is 663 g/mol. The zero-order valence-corrected chi connectivity index (χ0v) is 30.0. The van der Waals surface area contributed by atoms with Gasteiger partial charge in [0.05, 0.1) is 12.1 Å². The number of rotatable bonds is 5. The summed E-state index contributed by atoms with van der Waals surface area (Å²) >= 11 is 2.61. The average Bonchev–Trinajstić information content (AvgIpc) is 3.91. The van der Waals surface area contributed by atoms with E-state index in [1.54, 1.807) is 22.6 Å². The number of carbonyl (C=O) groups excluding carboxylic acids is 4. The third-order valence-corrected chi connectivity index (χ3v) is 11.4. The number of benzene rings is 1. The fourth-order valence-corrected chi connectivity index (χ4v) is 8.46. The number of ether oxygens (including phenoxy) is 1. The SMILES string of the molecule is CC[C@H](C)[C@H]1NC(=O)c2csc(n2)[C@H](C(C)C)NC(=O)[C@H]2N=C(O[C@@H]2C)[C@H]2CCCN2C(=O)[C@H](Cc2ccccc2)NC(=O)c2csc1n2. The maximum Gasteiger partial charge on any atom is 0.271 e. The van der Waals surface area contributed by atoms with Gasteiger partial charge in [-0.1, -0.05) is 64.4 Å². The van der Waals surface area contributed by atoms with Crippen LogP contribution in [0, 0.1) is 11.8 Å². The molecule has 3 aromatic rings. The summed E-state index contributed by atoms with van der Waals surface area (Å²) in [6, 6.07) is 6.46. The fraction of sp³-hybridized carbons (Fsp3) is 0.514. The molecule has 1 saturated heterocycles. The van der Waals surface area contributed by atoms with E-state index in [1.165, 1.54) is 22.7 Å². The van der Waals surface area contributed by atoms with E-state index in [2.05, 4.69) is 25.9 Å². The Balaban J connectivity index is 1.39. The van der Waals surface area contributed by atoms with E-state index in [-0.39, 0.29) is 47.4 Å². The van der Waals surface area contributed by atoms with E-state index in [0.29, 0.717) is 28.9 Å². The lowest BCUT2D eigenvalue weighted by Gasteiger charge is -2.29. The molecule has 6 rings (SSSR count). The highest BCUT2D eigenvalue weighted by molar-refractivity contribution is 7.10. The van der Waals surface area contributed by atoms with Crippen molar-refractivity contribution in [2.75, 3.05) is 6.54 Å². The molecule has 3 aliphatic heterocycles. The van der Waals surface area contributed by atoms with Crippen LogP contribution in [0.25, 0.3) is 0 Å². The second-order valence-electron chi connectivity index (χ2n) is 13.3. The van der Waals surface area contributed by atoms with Gasteiger partial charge in [0, 0.05) is 23.7 Å². The van der Waals surface area contributed by atoms with E-state index in [4.69, 9.17) is 9.73 Å². The molecule has 3 N–H and O–H groups in total. The van der Waals surface area contributed by atoms with Gasteiger partial charge in [0.25, 0.3) is 11.8 Å². The van der Waals surface area contributed by atoms with Crippen LogP contribution >= 0.6 is 22.7 Å². The van der Waals surface area contributed by atoms with E-state index < -0.39 is 42.2 Å². The number of aliphatic imine (C=N–C) groups is 1. The first kappa shape index (κ1) is 34.7. The van der Waals surface area contributed by atoms with Gasteiger partial charge in [-0.05, 0) is 37.2 Å². The molecule has 49 heavy (non-hydrogen) atoms. The lowest BCUT2D eigenvalue weighted by atomic mass is 9.99. The highest BCUT2D eigenvalue weighted by Gasteiger charge is 2.43. The Kier molecular flexibility index (Phi) is 10.4. The normalized spacial score (nSPS) is 27.0. The number of thiazole rings is 2. The number of aromatic nitrogens is 2. The zero-order valence-electron chi connectivity index (χ0n) is 28.3. The van der Waals surface area contributed by atoms with Crippen molar-refractivity contribution in [1.82, 2.24) is 30.8 Å². The molecular formula is C35H43N7O5S2. The summed E-state index contributed by atoms with van der Waals surface area (Å²) in [5.41, 5.74) is 1.32. The summed E-state index contributed by atoms with van der Waals surface area (Å²) in [7, 11) is 0. The number of hydrogen-bond donors (Lipinski definition) is 3. The van der Waals surface area contributed by atoms with Gasteiger partial charge in [-0.2, -0.15) is 0 Å². The van der Waals surface area contributed by atoms with Crippen LogP contribution in [0.2, 0.25) is 0 Å². The van der Waals surface area contributed by atoms with Gasteiger partial charge in [0.1, 0.15) is 39.6 Å². The minimum Gasteiger partial charge on any atom is -0.474 e. The molecule has 0 saturated carbocycles. The Morgan fingerprint density at radius 2 is 1.57 bits per heavy atom. The van der Waals surface area contributed by atoms with Crippen LogP contribution in [0.3, 0.4) is 0 Å². The standard InChI is InChI=1S/C35H43N7O5S2/c1-6-19(4)27-34-38-23(16-49-34)29(43)36-22(15-21-11-8-7-9-12-21)35(46)42-14-10-13-25(42)32-41-28(20(5)47-32)31(45)39-26(18(2)3)33-37-24(17-48-33)30(44)40-27/h7-9,11-12,16-20,22,25-28H,6,10,13-15H2,1-5H3,(H,36,43)(H,39,45)(H,40,44)/t19-,20+,22-,25+,26-,27+,28-/m0/s1. The number of fused-ring (bicyclic) bond motifs is 7. The third-order valence-electron chi connectivity index (χ3n) is 9.50. The Hall–Kier alpha value is -4.17. The summed E-state index contributed by atoms with van der Waals surface area (Å²) in [5.74, 6) is -1.07. The molecule has 0 radical (unpaired) electrons. The molecule has 6 bridgehead atoms. The molecule has 7 atom stereocenters. The summed E-state index contributed by atoms with van der Waals surface area (Å²) < 4.78 is 6.17. The second-order valence-corrected chi connectivity index (χ2v) is 15.1. The predicted octanol–water partition coefficient (Wildman–Crippen LogP) is 4.46. The van der Waals surface area contributed by atoms with Gasteiger partial charge in [0.2, 0.25) is 17.7 Å². The molecule has 0 unspecified atom stereocenters. The maximum absolute atomic E-state index is 14.3. The molecule has 2 aromatic heterocycles. The van der Waals surface area contributed by atoms with E-state index >= 15 is 0 Å². The van der Waals surface area contributed by atoms with Crippen molar-refractivity contribution < 1.29 is 23.9 Å². The van der Waals surface area contributed by atoms with Crippen molar-refractivity contribution in [3.8, 4) is 0 Å². The highest BCUT2D eigenvalue weighted by atomic mass is 32.1. The monoisotopic (exact) mass is 705 g/mol. The van der Waals surface area contributed by atoms with Crippen LogP contribution in [-0.4, -0.2) is 75.2 Å². The number of amides is 4. The van der Waals surface area contributed by atoms with Crippen molar-refractivity contribution in [2.24, 2.45) is 16.8 Å². The summed E-state index contributed by atoms with van der Waals surface area (Å²) in [5, 5.41) is 13.7. The minimum absolute atomic E-state index is 0.00816. The molecule has 5 heterocycles. The van der Waals surface area contributed by atoms with Gasteiger partial charge in [-0.25, -0.2) is 15.0 Å². The first-order chi connectivity index (χ1) is 23.5. The van der Waals surface area contributed by atoms with Crippen molar-refractivity contribution in [1.29, 1.82) is 0 Å². The Bertz CT molecular complexity index is 1720. The summed E-state index contributed by atoms with van der Waals surface area (Å²) in [6.45, 7) is 10.3. The smallest absolute Gasteiger partial charge is 0.271 e. The fourth-order valence-electron chi connectivity index (χ4n) is 6.45. The first-order valence-corrected chi connectivity index (χ1v) is 18.7. The molecule has 3 aliphatic rings. The Morgan fingerprint density at radius 1 is 0.918 bits per heavy atom. The van der Waals surface area contributed by atoms with Crippen LogP contribution < -0.4 is 16.0 Å². The Morgan fingerprint density at radius 3 is 2.22 bits per heavy atom. The molecule has 260 valence electrons. The molecule has 1 aromatic carbocycles. The number of nitrogens with one attached hydrogen (secondary N) is 3. The molecule has 1 fully saturated rings. The zero-order chi connectivity index (χ0) is 34.8. The first-order valence-electron chi connectivity index (χ1n) is 17.0. The number of carbonyl (C=O) groups is 4. The topological polar surface area (TPSA) is 155 Å². The molecule has 14 heteroatoms. The molecule has 0 aliphatic carbocycles. The van der Waals surface area contributed by atoms with Gasteiger partial charge in [-0.3, -0.25) is 19.2 Å². The molecule has 4 amide bonds. The van der Waals surface area contributed by atoms with E-state index in [9.17, 15) is 19.2 Å². The van der Waals surface area contributed by atoms with Gasteiger partial charge in [-0.15, -0.1) is 22.7 Å². The minimum atomic E-state index is -0.885. The van der Waals surface area contributed by atoms with Crippen LogP contribution in [0.5, 0.6) is 0 Å².